The van der Waals surface area contributed by atoms with Crippen LogP contribution >= 0.6 is 0 Å². The van der Waals surface area contributed by atoms with E-state index in [0.717, 1.165) is 55.4 Å². The molecule has 172 valence electrons. The van der Waals surface area contributed by atoms with Gasteiger partial charge in [0, 0.05) is 49.2 Å². The van der Waals surface area contributed by atoms with Crippen molar-refractivity contribution in [1.29, 1.82) is 0 Å². The van der Waals surface area contributed by atoms with Gasteiger partial charge < -0.3 is 19.9 Å². The van der Waals surface area contributed by atoms with Crippen molar-refractivity contribution in [2.45, 2.75) is 70.5 Å². The lowest BCUT2D eigenvalue weighted by molar-refractivity contribution is -0.142. The zero-order valence-electron chi connectivity index (χ0n) is 18.8. The third-order valence-electron chi connectivity index (χ3n) is 7.78. The number of likely N-dealkylation sites (N-methyl/N-ethyl adjacent to an activating group) is 1. The van der Waals surface area contributed by atoms with Gasteiger partial charge in [0.05, 0.1) is 6.04 Å². The number of aliphatic hydroxyl groups excluding tert-OH is 1. The number of nitrogens with one attached hydrogen (secondary N) is 1. The Morgan fingerprint density at radius 1 is 1.22 bits per heavy atom. The molecule has 1 aromatic rings. The number of hydrogen-bond acceptors (Lipinski definition) is 4. The lowest BCUT2D eigenvalue weighted by Crippen LogP contribution is -2.50. The van der Waals surface area contributed by atoms with E-state index >= 15 is 0 Å². The minimum Gasteiger partial charge on any atom is -0.396 e. The number of amides is 2. The minimum atomic E-state index is -0.689. The quantitative estimate of drug-likeness (QED) is 0.711. The molecular weight excluding hydrogens is 406 g/mol. The first-order valence-corrected chi connectivity index (χ1v) is 12.2. The van der Waals surface area contributed by atoms with Gasteiger partial charge in [0.2, 0.25) is 11.8 Å². The molecule has 2 fully saturated rings. The predicted octanol–water partition coefficient (Wildman–Crippen LogP) is 2.23. The van der Waals surface area contributed by atoms with Gasteiger partial charge in [-0.3, -0.25) is 14.4 Å². The zero-order chi connectivity index (χ0) is 22.4. The second-order valence-electron chi connectivity index (χ2n) is 9.81. The van der Waals surface area contributed by atoms with E-state index in [4.69, 9.17) is 0 Å². The second-order valence-corrected chi connectivity index (χ2v) is 9.81. The Hall–Kier alpha value is -2.41. The van der Waals surface area contributed by atoms with Gasteiger partial charge in [0.15, 0.2) is 0 Å². The molecule has 1 aromatic heterocycles. The van der Waals surface area contributed by atoms with E-state index in [1.54, 1.807) is 9.47 Å². The summed E-state index contributed by atoms with van der Waals surface area (Å²) in [6.07, 6.45) is 8.91. The molecule has 0 bridgehead atoms. The number of aliphatic hydroxyl groups is 1. The van der Waals surface area contributed by atoms with Gasteiger partial charge in [-0.1, -0.05) is 6.08 Å². The maximum Gasteiger partial charge on any atom is 0.258 e. The number of aromatic nitrogens is 1. The van der Waals surface area contributed by atoms with Crippen LogP contribution in [0, 0.1) is 17.8 Å². The highest BCUT2D eigenvalue weighted by molar-refractivity contribution is 5.89. The van der Waals surface area contributed by atoms with Gasteiger partial charge in [0.25, 0.3) is 5.56 Å². The summed E-state index contributed by atoms with van der Waals surface area (Å²) in [5, 5.41) is 13.1. The summed E-state index contributed by atoms with van der Waals surface area (Å²) in [6.45, 7) is 2.58. The molecule has 4 atom stereocenters. The summed E-state index contributed by atoms with van der Waals surface area (Å²) in [4.78, 5) is 41.6. The average molecular weight is 440 g/mol. The summed E-state index contributed by atoms with van der Waals surface area (Å²) in [7, 11) is 0. The van der Waals surface area contributed by atoms with Crippen LogP contribution in [0.5, 0.6) is 0 Å². The van der Waals surface area contributed by atoms with E-state index in [0.29, 0.717) is 25.4 Å². The Kier molecular flexibility index (Phi) is 5.70. The number of pyridine rings is 1. The number of likely N-dealkylation sites (tertiary alicyclic amines) is 1. The number of hydrogen-bond donors (Lipinski definition) is 2. The Balaban J connectivity index is 1.55. The number of carbonyl (C=O) groups is 2. The maximum atomic E-state index is 13.4. The molecule has 2 N–H and O–H groups in total. The zero-order valence-corrected chi connectivity index (χ0v) is 18.8. The molecule has 32 heavy (non-hydrogen) atoms. The van der Waals surface area contributed by atoms with Crippen molar-refractivity contribution in [3.63, 3.8) is 0 Å². The summed E-state index contributed by atoms with van der Waals surface area (Å²) in [5.74, 6) is -0.365. The maximum absolute atomic E-state index is 13.4. The largest absolute Gasteiger partial charge is 0.396 e. The third kappa shape index (κ3) is 3.51. The Morgan fingerprint density at radius 3 is 2.69 bits per heavy atom. The fourth-order valence-corrected chi connectivity index (χ4v) is 6.05. The predicted molar refractivity (Wildman–Crippen MR) is 121 cm³/mol. The molecule has 7 nitrogen and oxygen atoms in total. The van der Waals surface area contributed by atoms with E-state index in [2.05, 4.69) is 11.4 Å². The standard InChI is InChI=1S/C25H33N3O4/c1-2-26-24(31)23-19(14-29)18-13-27-20(22(18)28(23)21(30)12-15-8-9-15)11-10-17(25(27)32)16-6-4-3-5-7-16/h6,10-11,15,18-19,22-23,29H,2-5,7-9,12-14H2,1H3,(H,26,31)/t18-,19-,22+,23-/m0/s1. The summed E-state index contributed by atoms with van der Waals surface area (Å²) < 4.78 is 1.80. The molecule has 0 unspecified atom stereocenters. The van der Waals surface area contributed by atoms with E-state index in [1.807, 2.05) is 19.1 Å². The van der Waals surface area contributed by atoms with Crippen molar-refractivity contribution < 1.29 is 14.7 Å². The highest BCUT2D eigenvalue weighted by atomic mass is 16.3. The van der Waals surface area contributed by atoms with E-state index in [9.17, 15) is 19.5 Å². The molecule has 3 heterocycles. The lowest BCUT2D eigenvalue weighted by Gasteiger charge is -2.31. The van der Waals surface area contributed by atoms with Crippen LogP contribution < -0.4 is 10.9 Å². The normalized spacial score (nSPS) is 28.8. The number of allylic oxidation sites excluding steroid dienone is 2. The van der Waals surface area contributed by atoms with Crippen LogP contribution in [0.1, 0.15) is 69.2 Å². The molecule has 0 aromatic carbocycles. The van der Waals surface area contributed by atoms with Crippen LogP contribution in [-0.2, 0) is 16.1 Å². The number of nitrogens with zero attached hydrogens (tertiary/aromatic N) is 2. The van der Waals surface area contributed by atoms with Crippen LogP contribution in [0.2, 0.25) is 0 Å². The molecule has 0 spiro atoms. The van der Waals surface area contributed by atoms with E-state index in [-0.39, 0.29) is 41.9 Å². The van der Waals surface area contributed by atoms with Crippen LogP contribution in [-0.4, -0.2) is 45.6 Å². The van der Waals surface area contributed by atoms with Crippen molar-refractivity contribution in [2.75, 3.05) is 13.2 Å². The molecule has 2 aliphatic heterocycles. The van der Waals surface area contributed by atoms with Gasteiger partial charge in [-0.2, -0.15) is 0 Å². The van der Waals surface area contributed by atoms with Crippen molar-refractivity contribution in [2.24, 2.45) is 17.8 Å². The van der Waals surface area contributed by atoms with Crippen LogP contribution in [0.3, 0.4) is 0 Å². The highest BCUT2D eigenvalue weighted by Gasteiger charge is 2.57. The second kappa shape index (κ2) is 8.50. The first kappa shape index (κ1) is 21.4. The molecule has 4 aliphatic rings. The Morgan fingerprint density at radius 2 is 2.03 bits per heavy atom. The molecule has 2 amide bonds. The monoisotopic (exact) mass is 439 g/mol. The van der Waals surface area contributed by atoms with Gasteiger partial charge in [-0.15, -0.1) is 0 Å². The Labute approximate surface area is 188 Å². The highest BCUT2D eigenvalue weighted by Crippen LogP contribution is 2.50. The van der Waals surface area contributed by atoms with Gasteiger partial charge in [0.1, 0.15) is 6.04 Å². The molecule has 1 saturated carbocycles. The first-order chi connectivity index (χ1) is 15.5. The molecule has 1 saturated heterocycles. The molecule has 0 radical (unpaired) electrons. The summed E-state index contributed by atoms with van der Waals surface area (Å²) >= 11 is 0. The molecular formula is C25H33N3O4. The third-order valence-corrected chi connectivity index (χ3v) is 7.78. The number of rotatable bonds is 6. The molecule has 5 rings (SSSR count). The summed E-state index contributed by atoms with van der Waals surface area (Å²) in [6, 6.07) is 2.85. The van der Waals surface area contributed by atoms with Gasteiger partial charge >= 0.3 is 0 Å². The first-order valence-electron chi connectivity index (χ1n) is 12.2. The Bertz CT molecular complexity index is 1010. The molecule has 2 aliphatic carbocycles. The smallest absolute Gasteiger partial charge is 0.258 e. The van der Waals surface area contributed by atoms with Crippen molar-refractivity contribution in [1.82, 2.24) is 14.8 Å². The number of fused-ring (bicyclic) bond motifs is 3. The molecule has 7 heteroatoms. The van der Waals surface area contributed by atoms with Gasteiger partial charge in [-0.05, 0) is 69.1 Å². The number of carbonyl (C=O) groups excluding carboxylic acids is 2. The van der Waals surface area contributed by atoms with E-state index in [1.165, 1.54) is 0 Å². The average Bonchev–Trinajstić information content (AvgIpc) is 3.43. The van der Waals surface area contributed by atoms with Crippen LogP contribution in [0.4, 0.5) is 0 Å². The minimum absolute atomic E-state index is 0.00843. The summed E-state index contributed by atoms with van der Waals surface area (Å²) in [5.41, 5.74) is 2.67. The fourth-order valence-electron chi connectivity index (χ4n) is 6.05. The van der Waals surface area contributed by atoms with Crippen LogP contribution in [0.25, 0.3) is 5.57 Å². The van der Waals surface area contributed by atoms with Crippen LogP contribution in [0.15, 0.2) is 23.0 Å². The van der Waals surface area contributed by atoms with Crippen molar-refractivity contribution in [3.05, 3.63) is 39.8 Å². The topological polar surface area (TPSA) is 91.6 Å². The SMILES string of the molecule is CCNC(=O)[C@@H]1[C@@H](CO)[C@@H]2Cn3c(ccc(C4=CCCCC4)c3=O)[C@@H]2N1C(=O)CC1CC1. The van der Waals surface area contributed by atoms with Crippen molar-refractivity contribution in [3.8, 4) is 0 Å². The van der Waals surface area contributed by atoms with E-state index < -0.39 is 6.04 Å². The van der Waals surface area contributed by atoms with Gasteiger partial charge in [-0.25, -0.2) is 0 Å². The fraction of sp³-hybridized carbons (Fsp3) is 0.640. The lowest BCUT2D eigenvalue weighted by atomic mass is 9.88. The van der Waals surface area contributed by atoms with Crippen molar-refractivity contribution >= 4 is 17.4 Å².